The maximum Gasteiger partial charge on any atom is 0.164 e. The quantitative estimate of drug-likeness (QED) is 0.335. The van der Waals surface area contributed by atoms with Crippen LogP contribution < -0.4 is 4.74 Å². The SMILES string of the molecule is C1=CC(C2=CCCC=C2c2nc(C3=CC4=C(C=CC5C6=C(C=CC45)CCC=C6)CC3)nc(C3=C4c5ccccc5OC4CC=C3)n2)=CCC1. The average Bonchev–Trinajstić information content (AvgIpc) is 3.57. The minimum absolute atomic E-state index is 0.0263. The van der Waals surface area contributed by atoms with Crippen LogP contribution in [-0.2, 0) is 0 Å². The number of allylic oxidation sites excluding steroid dienone is 22. The molecule has 1 aliphatic heterocycles. The lowest BCUT2D eigenvalue weighted by Gasteiger charge is -2.36. The molecule has 3 unspecified atom stereocenters. The molecule has 1 aromatic heterocycles. The molecule has 1 aromatic carbocycles. The van der Waals surface area contributed by atoms with Crippen molar-refractivity contribution in [2.45, 2.75) is 63.9 Å². The van der Waals surface area contributed by atoms with Gasteiger partial charge in [0.05, 0.1) is 0 Å². The van der Waals surface area contributed by atoms with Crippen LogP contribution in [0, 0.1) is 11.8 Å². The summed E-state index contributed by atoms with van der Waals surface area (Å²) in [6, 6.07) is 8.39. The van der Waals surface area contributed by atoms with Crippen molar-refractivity contribution >= 4 is 22.3 Å². The van der Waals surface area contributed by atoms with Gasteiger partial charge in [-0.1, -0.05) is 103 Å². The summed E-state index contributed by atoms with van der Waals surface area (Å²) in [5, 5.41) is 0. The van der Waals surface area contributed by atoms with Crippen LogP contribution in [0.2, 0.25) is 0 Å². The molecule has 240 valence electrons. The van der Waals surface area contributed by atoms with Gasteiger partial charge in [-0.25, -0.2) is 15.0 Å². The second kappa shape index (κ2) is 11.8. The Morgan fingerprint density at radius 3 is 2.29 bits per heavy atom. The monoisotopic (exact) mass is 637 g/mol. The summed E-state index contributed by atoms with van der Waals surface area (Å²) in [6.45, 7) is 0. The molecule has 0 fully saturated rings. The molecule has 0 amide bonds. The van der Waals surface area contributed by atoms with Crippen LogP contribution in [0.1, 0.15) is 80.8 Å². The first-order chi connectivity index (χ1) is 24.3. The summed E-state index contributed by atoms with van der Waals surface area (Å²) < 4.78 is 6.44. The molecule has 2 aromatic rings. The van der Waals surface area contributed by atoms with Crippen molar-refractivity contribution in [3.05, 3.63) is 166 Å². The lowest BCUT2D eigenvalue weighted by atomic mass is 9.68. The summed E-state index contributed by atoms with van der Waals surface area (Å²) >= 11 is 0. The fourth-order valence-corrected chi connectivity index (χ4v) is 8.90. The predicted octanol–water partition coefficient (Wildman–Crippen LogP) is 10.4. The van der Waals surface area contributed by atoms with Gasteiger partial charge in [-0.3, -0.25) is 0 Å². The number of benzene rings is 1. The van der Waals surface area contributed by atoms with E-state index in [0.29, 0.717) is 11.8 Å². The van der Waals surface area contributed by atoms with Gasteiger partial charge in [0.2, 0.25) is 0 Å². The van der Waals surface area contributed by atoms with E-state index in [2.05, 4.69) is 103 Å². The summed E-state index contributed by atoms with van der Waals surface area (Å²) in [5.74, 6) is 3.98. The van der Waals surface area contributed by atoms with Crippen LogP contribution in [0.5, 0.6) is 5.75 Å². The van der Waals surface area contributed by atoms with Gasteiger partial charge in [-0.2, -0.15) is 0 Å². The fourth-order valence-electron chi connectivity index (χ4n) is 8.90. The summed E-state index contributed by atoms with van der Waals surface area (Å²) in [4.78, 5) is 16.0. The minimum Gasteiger partial charge on any atom is -0.485 e. The lowest BCUT2D eigenvalue weighted by molar-refractivity contribution is 0.279. The normalized spacial score (nSPS) is 26.2. The van der Waals surface area contributed by atoms with Gasteiger partial charge in [0.1, 0.15) is 11.9 Å². The van der Waals surface area contributed by atoms with Crippen LogP contribution in [0.25, 0.3) is 22.3 Å². The molecule has 10 rings (SSSR count). The van der Waals surface area contributed by atoms with Crippen molar-refractivity contribution in [3.63, 3.8) is 0 Å². The molecule has 0 bridgehead atoms. The molecule has 3 atom stereocenters. The zero-order valence-corrected chi connectivity index (χ0v) is 27.7. The van der Waals surface area contributed by atoms with Crippen LogP contribution in [-0.4, -0.2) is 21.1 Å². The van der Waals surface area contributed by atoms with E-state index in [4.69, 9.17) is 19.7 Å². The maximum atomic E-state index is 6.44. The Labute approximate surface area is 288 Å². The van der Waals surface area contributed by atoms with E-state index >= 15 is 0 Å². The Morgan fingerprint density at radius 2 is 1.39 bits per heavy atom. The number of hydrogen-bond donors (Lipinski definition) is 0. The number of ether oxygens (including phenoxy) is 1. The number of fused-ring (bicyclic) bond motifs is 6. The molecule has 4 heteroatoms. The summed E-state index contributed by atoms with van der Waals surface area (Å²) in [6.07, 6.45) is 42.1. The highest BCUT2D eigenvalue weighted by atomic mass is 16.5. The topological polar surface area (TPSA) is 47.9 Å². The third kappa shape index (κ3) is 4.91. The van der Waals surface area contributed by atoms with Crippen LogP contribution in [0.4, 0.5) is 0 Å². The molecule has 0 radical (unpaired) electrons. The molecule has 2 heterocycles. The Morgan fingerprint density at radius 1 is 0.612 bits per heavy atom. The number of aromatic nitrogens is 3. The van der Waals surface area contributed by atoms with E-state index in [9.17, 15) is 0 Å². The standard InChI is InChI=1S/C45H39N3O/c1-2-11-28(12-3-1)33-15-6-7-16-36(33)44-46-43(47-45(48-44)38-18-10-20-41-42(38)37-17-8-9-19-40(37)49-41)31-22-21-30-24-25-34-32-14-5-4-13-29(32)23-26-35(34)39(30)27-31/h2,5,8-12,14-19,23-27,34-35,41H,1,3-4,6-7,13,20-22H2. The molecule has 0 saturated carbocycles. The third-order valence-corrected chi connectivity index (χ3v) is 11.3. The Balaban J connectivity index is 1.12. The smallest absolute Gasteiger partial charge is 0.164 e. The fraction of sp³-hybridized carbons (Fsp3) is 0.267. The summed E-state index contributed by atoms with van der Waals surface area (Å²) in [7, 11) is 0. The molecule has 0 N–H and O–H groups in total. The minimum atomic E-state index is -0.0263. The van der Waals surface area contributed by atoms with E-state index in [0.717, 1.165) is 97.7 Å². The molecule has 8 aliphatic rings. The highest BCUT2D eigenvalue weighted by Gasteiger charge is 2.35. The van der Waals surface area contributed by atoms with Gasteiger partial charge in [-0.05, 0) is 96.4 Å². The average molecular weight is 638 g/mol. The second-order valence-electron chi connectivity index (χ2n) is 14.2. The first-order valence-electron chi connectivity index (χ1n) is 18.2. The first-order valence-corrected chi connectivity index (χ1v) is 18.2. The van der Waals surface area contributed by atoms with Gasteiger partial charge in [0.15, 0.2) is 17.5 Å². The molecular formula is C45H39N3O. The highest BCUT2D eigenvalue weighted by molar-refractivity contribution is 6.00. The Kier molecular flexibility index (Phi) is 6.96. The number of hydrogen-bond acceptors (Lipinski definition) is 4. The van der Waals surface area contributed by atoms with Crippen molar-refractivity contribution in [1.29, 1.82) is 0 Å². The Bertz CT molecular complexity index is 2190. The van der Waals surface area contributed by atoms with Crippen molar-refractivity contribution < 1.29 is 4.74 Å². The first kappa shape index (κ1) is 28.9. The molecule has 0 saturated heterocycles. The molecule has 49 heavy (non-hydrogen) atoms. The van der Waals surface area contributed by atoms with Gasteiger partial charge in [0.25, 0.3) is 0 Å². The van der Waals surface area contributed by atoms with E-state index in [1.54, 1.807) is 0 Å². The molecule has 4 nitrogen and oxygen atoms in total. The van der Waals surface area contributed by atoms with Crippen LogP contribution in [0.3, 0.4) is 0 Å². The van der Waals surface area contributed by atoms with E-state index in [1.807, 2.05) is 6.07 Å². The van der Waals surface area contributed by atoms with E-state index in [-0.39, 0.29) is 6.10 Å². The van der Waals surface area contributed by atoms with Gasteiger partial charge < -0.3 is 4.74 Å². The maximum absolute atomic E-state index is 6.44. The van der Waals surface area contributed by atoms with Crippen molar-refractivity contribution in [2.75, 3.05) is 0 Å². The molecule has 0 spiro atoms. The summed E-state index contributed by atoms with van der Waals surface area (Å²) in [5.41, 5.74) is 14.1. The predicted molar refractivity (Wildman–Crippen MR) is 198 cm³/mol. The van der Waals surface area contributed by atoms with Gasteiger partial charge in [-0.15, -0.1) is 0 Å². The van der Waals surface area contributed by atoms with Crippen LogP contribution in [0.15, 0.2) is 143 Å². The van der Waals surface area contributed by atoms with Crippen molar-refractivity contribution in [1.82, 2.24) is 15.0 Å². The van der Waals surface area contributed by atoms with E-state index < -0.39 is 0 Å². The Hall–Kier alpha value is -5.09. The van der Waals surface area contributed by atoms with E-state index in [1.165, 1.54) is 44.6 Å². The zero-order chi connectivity index (χ0) is 32.3. The number of rotatable bonds is 4. The second-order valence-corrected chi connectivity index (χ2v) is 14.2. The zero-order valence-electron chi connectivity index (χ0n) is 27.7. The van der Waals surface area contributed by atoms with Gasteiger partial charge in [0, 0.05) is 40.5 Å². The van der Waals surface area contributed by atoms with Crippen LogP contribution >= 0.6 is 0 Å². The third-order valence-electron chi connectivity index (χ3n) is 11.3. The number of para-hydroxylation sites is 1. The van der Waals surface area contributed by atoms with Crippen molar-refractivity contribution in [2.24, 2.45) is 11.8 Å². The largest absolute Gasteiger partial charge is 0.485 e. The lowest BCUT2D eigenvalue weighted by Crippen LogP contribution is -2.24. The highest BCUT2D eigenvalue weighted by Crippen LogP contribution is 2.48. The van der Waals surface area contributed by atoms with Gasteiger partial charge >= 0.3 is 0 Å². The van der Waals surface area contributed by atoms with Crippen molar-refractivity contribution in [3.8, 4) is 5.75 Å². The molecular weight excluding hydrogens is 599 g/mol. The number of nitrogens with zero attached hydrogens (tertiary/aromatic N) is 3. The molecule has 7 aliphatic carbocycles.